The molecule has 3 aromatic rings. The minimum atomic E-state index is 0.328. The molecular formula is C26H28O6. The monoisotopic (exact) mass is 436 g/mol. The van der Waals surface area contributed by atoms with Crippen molar-refractivity contribution < 1.29 is 28.4 Å². The van der Waals surface area contributed by atoms with Crippen LogP contribution >= 0.6 is 0 Å². The van der Waals surface area contributed by atoms with Gasteiger partial charge in [0.2, 0.25) is 0 Å². The van der Waals surface area contributed by atoms with Gasteiger partial charge in [-0.15, -0.1) is 0 Å². The van der Waals surface area contributed by atoms with Crippen LogP contribution in [0, 0.1) is 0 Å². The van der Waals surface area contributed by atoms with E-state index in [2.05, 4.69) is 6.58 Å². The van der Waals surface area contributed by atoms with E-state index in [1.54, 1.807) is 28.4 Å². The molecule has 0 N–H and O–H groups in total. The summed E-state index contributed by atoms with van der Waals surface area (Å²) in [6, 6.07) is 17.2. The molecule has 0 aromatic heterocycles. The van der Waals surface area contributed by atoms with Gasteiger partial charge in [0.1, 0.15) is 42.0 Å². The number of benzene rings is 3. The first-order valence-electron chi connectivity index (χ1n) is 10.1. The third-order valence-electron chi connectivity index (χ3n) is 4.97. The molecule has 0 unspecified atom stereocenters. The van der Waals surface area contributed by atoms with Crippen LogP contribution < -0.4 is 23.7 Å². The van der Waals surface area contributed by atoms with Crippen molar-refractivity contribution in [2.45, 2.75) is 0 Å². The maximum atomic E-state index is 6.26. The highest BCUT2D eigenvalue weighted by molar-refractivity contribution is 5.87. The van der Waals surface area contributed by atoms with Gasteiger partial charge in [-0.25, -0.2) is 0 Å². The third kappa shape index (κ3) is 4.91. The number of hydrogen-bond acceptors (Lipinski definition) is 6. The van der Waals surface area contributed by atoms with E-state index in [0.717, 1.165) is 22.3 Å². The van der Waals surface area contributed by atoms with Gasteiger partial charge in [0, 0.05) is 22.3 Å². The second-order valence-electron chi connectivity index (χ2n) is 6.70. The Bertz CT molecular complexity index is 986. The molecule has 168 valence electrons. The molecule has 6 nitrogen and oxygen atoms in total. The van der Waals surface area contributed by atoms with Crippen LogP contribution in [0.2, 0.25) is 0 Å². The van der Waals surface area contributed by atoms with Gasteiger partial charge < -0.3 is 28.4 Å². The van der Waals surface area contributed by atoms with Crippen molar-refractivity contribution in [1.29, 1.82) is 0 Å². The van der Waals surface area contributed by atoms with Gasteiger partial charge >= 0.3 is 0 Å². The number of methoxy groups -OCH3 is 4. The first-order chi connectivity index (χ1) is 15.7. The van der Waals surface area contributed by atoms with Crippen molar-refractivity contribution in [3.63, 3.8) is 0 Å². The van der Waals surface area contributed by atoms with E-state index in [-0.39, 0.29) is 0 Å². The summed E-state index contributed by atoms with van der Waals surface area (Å²) in [4.78, 5) is 0. The van der Waals surface area contributed by atoms with E-state index in [1.807, 2.05) is 54.6 Å². The highest BCUT2D eigenvalue weighted by Gasteiger charge is 2.20. The van der Waals surface area contributed by atoms with Gasteiger partial charge in [-0.3, -0.25) is 0 Å². The quantitative estimate of drug-likeness (QED) is 0.288. The predicted molar refractivity (Wildman–Crippen MR) is 125 cm³/mol. The van der Waals surface area contributed by atoms with Crippen LogP contribution in [-0.4, -0.2) is 41.7 Å². The molecule has 32 heavy (non-hydrogen) atoms. The smallest absolute Gasteiger partial charge is 0.135 e. The van der Waals surface area contributed by atoms with Gasteiger partial charge in [-0.1, -0.05) is 24.8 Å². The largest absolute Gasteiger partial charge is 0.498 e. The van der Waals surface area contributed by atoms with Crippen LogP contribution in [-0.2, 0) is 4.74 Å². The van der Waals surface area contributed by atoms with Crippen LogP contribution in [0.4, 0.5) is 0 Å². The lowest BCUT2D eigenvalue weighted by molar-refractivity contribution is 0.180. The summed E-state index contributed by atoms with van der Waals surface area (Å²) in [5.41, 5.74) is 3.38. The van der Waals surface area contributed by atoms with E-state index in [1.165, 1.54) is 6.26 Å². The SMILES string of the molecule is C=COCCOc1c(-c2cc(OC)ccc2OC)cccc1-c1cc(OC)ccc1OC. The molecule has 0 aliphatic carbocycles. The summed E-state index contributed by atoms with van der Waals surface area (Å²) in [5, 5.41) is 0. The highest BCUT2D eigenvalue weighted by Crippen LogP contribution is 2.46. The zero-order chi connectivity index (χ0) is 22.9. The lowest BCUT2D eigenvalue weighted by Gasteiger charge is -2.20. The summed E-state index contributed by atoms with van der Waals surface area (Å²) >= 11 is 0. The van der Waals surface area contributed by atoms with Gasteiger partial charge in [-0.2, -0.15) is 0 Å². The third-order valence-corrected chi connectivity index (χ3v) is 4.97. The molecular weight excluding hydrogens is 408 g/mol. The fraction of sp³-hybridized carbons (Fsp3) is 0.231. The predicted octanol–water partition coefficient (Wildman–Crippen LogP) is 5.59. The molecule has 0 aliphatic rings. The minimum Gasteiger partial charge on any atom is -0.498 e. The molecule has 0 saturated heterocycles. The Morgan fingerprint density at radius 3 is 1.62 bits per heavy atom. The Morgan fingerprint density at radius 2 is 1.19 bits per heavy atom. The summed E-state index contributed by atoms with van der Waals surface area (Å²) < 4.78 is 33.7. The van der Waals surface area contributed by atoms with Crippen molar-refractivity contribution >= 4 is 0 Å². The fourth-order valence-corrected chi connectivity index (χ4v) is 3.44. The van der Waals surface area contributed by atoms with Crippen molar-refractivity contribution in [3.8, 4) is 51.0 Å². The topological polar surface area (TPSA) is 55.4 Å². The number of para-hydroxylation sites is 1. The van der Waals surface area contributed by atoms with Crippen LogP contribution in [0.15, 0.2) is 67.4 Å². The second kappa shape index (κ2) is 11.0. The lowest BCUT2D eigenvalue weighted by atomic mass is 9.95. The van der Waals surface area contributed by atoms with Crippen molar-refractivity contribution in [3.05, 3.63) is 67.4 Å². The molecule has 0 saturated carbocycles. The average molecular weight is 437 g/mol. The molecule has 0 heterocycles. The van der Waals surface area contributed by atoms with Crippen LogP contribution in [0.3, 0.4) is 0 Å². The summed E-state index contributed by atoms with van der Waals surface area (Å²) in [6.07, 6.45) is 1.40. The van der Waals surface area contributed by atoms with Gasteiger partial charge in [0.05, 0.1) is 34.7 Å². The van der Waals surface area contributed by atoms with E-state index in [4.69, 9.17) is 28.4 Å². The van der Waals surface area contributed by atoms with Gasteiger partial charge in [-0.05, 0) is 36.4 Å². The molecule has 0 atom stereocenters. The van der Waals surface area contributed by atoms with Gasteiger partial charge in [0.25, 0.3) is 0 Å². The fourth-order valence-electron chi connectivity index (χ4n) is 3.44. The van der Waals surface area contributed by atoms with Gasteiger partial charge in [0.15, 0.2) is 0 Å². The highest BCUT2D eigenvalue weighted by atomic mass is 16.5. The van der Waals surface area contributed by atoms with Crippen LogP contribution in [0.25, 0.3) is 22.3 Å². The molecule has 0 amide bonds. The first-order valence-corrected chi connectivity index (χ1v) is 10.1. The zero-order valence-electron chi connectivity index (χ0n) is 18.8. The Morgan fingerprint density at radius 1 is 0.656 bits per heavy atom. The maximum Gasteiger partial charge on any atom is 0.135 e. The summed E-state index contributed by atoms with van der Waals surface area (Å²) in [5.74, 6) is 3.50. The van der Waals surface area contributed by atoms with E-state index in [9.17, 15) is 0 Å². The van der Waals surface area contributed by atoms with Crippen LogP contribution in [0.5, 0.6) is 28.7 Å². The molecule has 0 fully saturated rings. The first kappa shape index (κ1) is 22.9. The van der Waals surface area contributed by atoms with Crippen molar-refractivity contribution in [1.82, 2.24) is 0 Å². The lowest BCUT2D eigenvalue weighted by Crippen LogP contribution is -2.06. The number of ether oxygens (including phenoxy) is 6. The minimum absolute atomic E-state index is 0.328. The molecule has 0 aliphatic heterocycles. The molecule has 6 heteroatoms. The Kier molecular flexibility index (Phi) is 7.86. The zero-order valence-corrected chi connectivity index (χ0v) is 18.8. The Hall–Kier alpha value is -3.80. The van der Waals surface area contributed by atoms with Crippen LogP contribution in [0.1, 0.15) is 0 Å². The van der Waals surface area contributed by atoms with E-state index in [0.29, 0.717) is 42.0 Å². The maximum absolute atomic E-state index is 6.26. The molecule has 0 radical (unpaired) electrons. The Labute approximate surface area is 188 Å². The normalized spacial score (nSPS) is 10.2. The summed E-state index contributed by atoms with van der Waals surface area (Å²) in [7, 11) is 6.54. The molecule has 3 rings (SSSR count). The van der Waals surface area contributed by atoms with E-state index < -0.39 is 0 Å². The average Bonchev–Trinajstić information content (AvgIpc) is 2.85. The molecule has 0 bridgehead atoms. The second-order valence-corrected chi connectivity index (χ2v) is 6.70. The standard InChI is InChI=1S/C26H28O6/c1-6-31-14-15-32-26-20(22-16-18(27-2)10-12-24(22)29-4)8-7-9-21(26)23-17-19(28-3)11-13-25(23)30-5/h6-13,16-17H,1,14-15H2,2-5H3. The molecule has 0 spiro atoms. The van der Waals surface area contributed by atoms with E-state index >= 15 is 0 Å². The van der Waals surface area contributed by atoms with Crippen molar-refractivity contribution in [2.24, 2.45) is 0 Å². The van der Waals surface area contributed by atoms with Crippen molar-refractivity contribution in [2.75, 3.05) is 41.7 Å². The number of rotatable bonds is 11. The Balaban J connectivity index is 2.23. The summed E-state index contributed by atoms with van der Waals surface area (Å²) in [6.45, 7) is 4.27. The molecule has 3 aromatic carbocycles. The number of hydrogen-bond donors (Lipinski definition) is 0.